The van der Waals surface area contributed by atoms with Crippen molar-refractivity contribution in [3.63, 3.8) is 0 Å². The highest BCUT2D eigenvalue weighted by Crippen LogP contribution is 2.20. The van der Waals surface area contributed by atoms with E-state index in [0.717, 1.165) is 12.8 Å². The molecular weight excluding hydrogens is 245 g/mol. The number of nitrogens with zero attached hydrogens (tertiary/aromatic N) is 1. The van der Waals surface area contributed by atoms with Gasteiger partial charge in [-0.15, -0.1) is 0 Å². The van der Waals surface area contributed by atoms with E-state index >= 15 is 0 Å². The molecule has 0 aromatic heterocycles. The topological polar surface area (TPSA) is 29.5 Å². The van der Waals surface area contributed by atoms with Gasteiger partial charge in [-0.05, 0) is 37.3 Å². The van der Waals surface area contributed by atoms with Gasteiger partial charge in [-0.3, -0.25) is 4.79 Å². The lowest BCUT2D eigenvalue weighted by Crippen LogP contribution is -2.41. The number of benzene rings is 1. The van der Waals surface area contributed by atoms with E-state index in [9.17, 15) is 9.18 Å². The number of carbonyl (C=O) groups is 1. The van der Waals surface area contributed by atoms with Gasteiger partial charge in [0.15, 0.2) is 0 Å². The summed E-state index contributed by atoms with van der Waals surface area (Å²) >= 11 is 0. The summed E-state index contributed by atoms with van der Waals surface area (Å²) < 4.78 is 19.1. The number of likely N-dealkylation sites (tertiary alicyclic amines) is 1. The summed E-state index contributed by atoms with van der Waals surface area (Å²) in [5, 5.41) is 0. The standard InChI is InChI=1S/C15H20FNO2/c1-11-5-3-7-13(14(11)16)15(18)17-8-4-6-12(9-17)10-19-2/h3,5,7,12H,4,6,8-10H2,1-2H3. The first kappa shape index (κ1) is 14.0. The highest BCUT2D eigenvalue weighted by molar-refractivity contribution is 5.94. The van der Waals surface area contributed by atoms with Crippen LogP contribution >= 0.6 is 0 Å². The molecule has 1 aliphatic heterocycles. The van der Waals surface area contributed by atoms with Crippen molar-refractivity contribution in [1.29, 1.82) is 0 Å². The zero-order valence-corrected chi connectivity index (χ0v) is 11.5. The highest BCUT2D eigenvalue weighted by Gasteiger charge is 2.26. The smallest absolute Gasteiger partial charge is 0.256 e. The van der Waals surface area contributed by atoms with E-state index in [1.807, 2.05) is 0 Å². The molecule has 3 nitrogen and oxygen atoms in total. The van der Waals surface area contributed by atoms with Crippen LogP contribution in [0.1, 0.15) is 28.8 Å². The van der Waals surface area contributed by atoms with Crippen molar-refractivity contribution in [1.82, 2.24) is 4.90 Å². The first-order valence-electron chi connectivity index (χ1n) is 6.66. The fraction of sp³-hybridized carbons (Fsp3) is 0.533. The molecule has 0 radical (unpaired) electrons. The van der Waals surface area contributed by atoms with E-state index in [0.29, 0.717) is 31.2 Å². The van der Waals surface area contributed by atoms with Gasteiger partial charge >= 0.3 is 0 Å². The van der Waals surface area contributed by atoms with Gasteiger partial charge in [0.1, 0.15) is 5.82 Å². The van der Waals surface area contributed by atoms with Crippen molar-refractivity contribution >= 4 is 5.91 Å². The monoisotopic (exact) mass is 265 g/mol. The molecule has 104 valence electrons. The molecule has 2 rings (SSSR count). The van der Waals surface area contributed by atoms with Gasteiger partial charge in [-0.25, -0.2) is 4.39 Å². The summed E-state index contributed by atoms with van der Waals surface area (Å²) in [6.07, 6.45) is 2.02. The van der Waals surface area contributed by atoms with Gasteiger partial charge in [0, 0.05) is 20.2 Å². The van der Waals surface area contributed by atoms with Gasteiger partial charge in [0.05, 0.1) is 12.2 Å². The molecule has 1 unspecified atom stereocenters. The Balaban J connectivity index is 2.12. The number of rotatable bonds is 3. The Labute approximate surface area is 113 Å². The summed E-state index contributed by atoms with van der Waals surface area (Å²) in [5.41, 5.74) is 0.689. The second kappa shape index (κ2) is 6.15. The van der Waals surface area contributed by atoms with Crippen LogP contribution in [-0.2, 0) is 4.74 Å². The molecule has 1 aliphatic rings. The molecule has 4 heteroatoms. The van der Waals surface area contributed by atoms with Gasteiger partial charge < -0.3 is 9.64 Å². The van der Waals surface area contributed by atoms with Crippen LogP contribution in [0.3, 0.4) is 0 Å². The summed E-state index contributed by atoms with van der Waals surface area (Å²) in [6.45, 7) is 3.68. The summed E-state index contributed by atoms with van der Waals surface area (Å²) in [7, 11) is 1.67. The Kier molecular flexibility index (Phi) is 4.53. The molecular formula is C15H20FNO2. The third-order valence-corrected chi connectivity index (χ3v) is 3.63. The zero-order valence-electron chi connectivity index (χ0n) is 11.5. The minimum atomic E-state index is -0.402. The molecule has 19 heavy (non-hydrogen) atoms. The third kappa shape index (κ3) is 3.13. The largest absolute Gasteiger partial charge is 0.384 e. The van der Waals surface area contributed by atoms with Crippen LogP contribution in [0.4, 0.5) is 4.39 Å². The zero-order chi connectivity index (χ0) is 13.8. The fourth-order valence-corrected chi connectivity index (χ4v) is 2.60. The number of ether oxygens (including phenoxy) is 1. The van der Waals surface area contributed by atoms with Gasteiger partial charge in [-0.2, -0.15) is 0 Å². The number of amides is 1. The van der Waals surface area contributed by atoms with E-state index < -0.39 is 5.82 Å². The van der Waals surface area contributed by atoms with Crippen LogP contribution in [0.5, 0.6) is 0 Å². The van der Waals surface area contributed by atoms with E-state index in [-0.39, 0.29) is 11.5 Å². The molecule has 0 saturated carbocycles. The number of hydrogen-bond acceptors (Lipinski definition) is 2. The maximum atomic E-state index is 14.0. The summed E-state index contributed by atoms with van der Waals surface area (Å²) in [4.78, 5) is 14.1. The molecule has 0 bridgehead atoms. The van der Waals surface area contributed by atoms with Crippen molar-refractivity contribution in [3.8, 4) is 0 Å². The van der Waals surface area contributed by atoms with Gasteiger partial charge in [0.25, 0.3) is 5.91 Å². The average Bonchev–Trinajstić information content (AvgIpc) is 2.42. The summed E-state index contributed by atoms with van der Waals surface area (Å²) in [5.74, 6) is -0.251. The number of carbonyl (C=O) groups excluding carboxylic acids is 1. The fourth-order valence-electron chi connectivity index (χ4n) is 2.60. The number of piperidine rings is 1. The van der Waals surface area contributed by atoms with E-state index in [4.69, 9.17) is 4.74 Å². The van der Waals surface area contributed by atoms with E-state index in [1.54, 1.807) is 37.1 Å². The van der Waals surface area contributed by atoms with Crippen LogP contribution in [0.15, 0.2) is 18.2 Å². The van der Waals surface area contributed by atoms with Crippen molar-refractivity contribution in [3.05, 3.63) is 35.1 Å². The van der Waals surface area contributed by atoms with Crippen molar-refractivity contribution < 1.29 is 13.9 Å². The van der Waals surface area contributed by atoms with Crippen LogP contribution in [0, 0.1) is 18.7 Å². The predicted octanol–water partition coefficient (Wildman–Crippen LogP) is 2.63. The maximum Gasteiger partial charge on any atom is 0.256 e. The molecule has 1 heterocycles. The minimum absolute atomic E-state index is 0.179. The minimum Gasteiger partial charge on any atom is -0.384 e. The Hall–Kier alpha value is -1.42. The first-order valence-corrected chi connectivity index (χ1v) is 6.66. The maximum absolute atomic E-state index is 14.0. The lowest BCUT2D eigenvalue weighted by molar-refractivity contribution is 0.0566. The quantitative estimate of drug-likeness (QED) is 0.841. The molecule has 1 fully saturated rings. The van der Waals surface area contributed by atoms with Crippen molar-refractivity contribution in [2.75, 3.05) is 26.8 Å². The molecule has 0 N–H and O–H groups in total. The molecule has 0 spiro atoms. The Bertz CT molecular complexity index is 459. The van der Waals surface area contributed by atoms with Crippen molar-refractivity contribution in [2.45, 2.75) is 19.8 Å². The van der Waals surface area contributed by atoms with Crippen LogP contribution in [0.25, 0.3) is 0 Å². The molecule has 0 aliphatic carbocycles. The van der Waals surface area contributed by atoms with Gasteiger partial charge in [0.2, 0.25) is 0 Å². The average molecular weight is 265 g/mol. The lowest BCUT2D eigenvalue weighted by Gasteiger charge is -2.32. The molecule has 1 amide bonds. The first-order chi connectivity index (χ1) is 9.13. The van der Waals surface area contributed by atoms with Crippen molar-refractivity contribution in [2.24, 2.45) is 5.92 Å². The number of halogens is 1. The number of methoxy groups -OCH3 is 1. The second-order valence-electron chi connectivity index (χ2n) is 5.15. The third-order valence-electron chi connectivity index (χ3n) is 3.63. The van der Waals surface area contributed by atoms with E-state index in [1.165, 1.54) is 0 Å². The molecule has 1 saturated heterocycles. The number of aryl methyl sites for hydroxylation is 1. The van der Waals surface area contributed by atoms with E-state index in [2.05, 4.69) is 0 Å². The molecule has 1 aromatic carbocycles. The highest BCUT2D eigenvalue weighted by atomic mass is 19.1. The lowest BCUT2D eigenvalue weighted by atomic mass is 9.98. The SMILES string of the molecule is COCC1CCCN(C(=O)c2cccc(C)c2F)C1. The summed E-state index contributed by atoms with van der Waals surface area (Å²) in [6, 6.07) is 4.96. The normalized spacial score (nSPS) is 19.5. The van der Waals surface area contributed by atoms with Crippen LogP contribution in [-0.4, -0.2) is 37.6 Å². The Morgan fingerprint density at radius 1 is 1.53 bits per heavy atom. The second-order valence-corrected chi connectivity index (χ2v) is 5.15. The molecule has 1 atom stereocenters. The Morgan fingerprint density at radius 2 is 2.32 bits per heavy atom. The number of hydrogen-bond donors (Lipinski definition) is 0. The molecule has 1 aromatic rings. The predicted molar refractivity (Wildman–Crippen MR) is 71.6 cm³/mol. The van der Waals surface area contributed by atoms with Crippen LogP contribution < -0.4 is 0 Å². The van der Waals surface area contributed by atoms with Gasteiger partial charge in [-0.1, -0.05) is 12.1 Å². The van der Waals surface area contributed by atoms with Crippen LogP contribution in [0.2, 0.25) is 0 Å². The Morgan fingerprint density at radius 3 is 3.05 bits per heavy atom.